The van der Waals surface area contributed by atoms with Gasteiger partial charge in [0.15, 0.2) is 0 Å². The van der Waals surface area contributed by atoms with E-state index >= 15 is 0 Å². The van der Waals surface area contributed by atoms with Crippen molar-refractivity contribution >= 4 is 11.5 Å². The number of rotatable bonds is 6. The Labute approximate surface area is 146 Å². The van der Waals surface area contributed by atoms with E-state index in [2.05, 4.69) is 49.1 Å². The van der Waals surface area contributed by atoms with Crippen molar-refractivity contribution in [2.24, 2.45) is 5.92 Å². The molecule has 0 spiro atoms. The smallest absolute Gasteiger partial charge is 0.252 e. The van der Waals surface area contributed by atoms with Gasteiger partial charge in [-0.1, -0.05) is 50.3 Å². The van der Waals surface area contributed by atoms with Gasteiger partial charge in [0.05, 0.1) is 6.61 Å². The van der Waals surface area contributed by atoms with Crippen LogP contribution in [-0.2, 0) is 9.53 Å². The summed E-state index contributed by atoms with van der Waals surface area (Å²) >= 11 is 0. The average molecular weight is 330 g/mol. The van der Waals surface area contributed by atoms with Gasteiger partial charge in [0.25, 0.3) is 5.91 Å². The predicted octanol–water partition coefficient (Wildman–Crippen LogP) is 2.91. The van der Waals surface area contributed by atoms with Gasteiger partial charge >= 0.3 is 0 Å². The van der Waals surface area contributed by atoms with Gasteiger partial charge in [0.1, 0.15) is 6.10 Å². The van der Waals surface area contributed by atoms with E-state index in [1.165, 1.54) is 11.1 Å². The van der Waals surface area contributed by atoms with E-state index < -0.39 is 0 Å². The quantitative estimate of drug-likeness (QED) is 0.804. The number of hydrogen-bond donors (Lipinski definition) is 0. The SMILES string of the molecule is CC(C)C/C=C(\CN1CCO[C@@H](C(=O)N(C)C)C1)c1ccccc1. The van der Waals surface area contributed by atoms with Gasteiger partial charge in [-0.25, -0.2) is 0 Å². The van der Waals surface area contributed by atoms with Crippen molar-refractivity contribution < 1.29 is 9.53 Å². The van der Waals surface area contributed by atoms with E-state index in [4.69, 9.17) is 4.74 Å². The van der Waals surface area contributed by atoms with Gasteiger partial charge in [0.2, 0.25) is 0 Å². The van der Waals surface area contributed by atoms with Crippen LogP contribution in [0.1, 0.15) is 25.8 Å². The highest BCUT2D eigenvalue weighted by atomic mass is 16.5. The molecule has 0 unspecified atom stereocenters. The fourth-order valence-corrected chi connectivity index (χ4v) is 2.83. The topological polar surface area (TPSA) is 32.8 Å². The molecule has 4 nitrogen and oxygen atoms in total. The van der Waals surface area contributed by atoms with E-state index in [0.717, 1.165) is 19.5 Å². The Morgan fingerprint density at radius 1 is 1.33 bits per heavy atom. The van der Waals surface area contributed by atoms with E-state index in [-0.39, 0.29) is 12.0 Å². The van der Waals surface area contributed by atoms with Crippen molar-refractivity contribution in [3.8, 4) is 0 Å². The molecule has 0 bridgehead atoms. The molecule has 1 aromatic rings. The highest BCUT2D eigenvalue weighted by Crippen LogP contribution is 2.20. The molecule has 0 radical (unpaired) electrons. The Balaban J connectivity index is 2.08. The molecule has 1 atom stereocenters. The Morgan fingerprint density at radius 2 is 2.04 bits per heavy atom. The summed E-state index contributed by atoms with van der Waals surface area (Å²) in [6.07, 6.45) is 3.06. The number of allylic oxidation sites excluding steroid dienone is 1. The number of benzene rings is 1. The molecule has 1 aliphatic rings. The van der Waals surface area contributed by atoms with Gasteiger partial charge in [-0.05, 0) is 23.5 Å². The molecule has 132 valence electrons. The number of morpholine rings is 1. The van der Waals surface area contributed by atoms with Crippen LogP contribution in [0.25, 0.3) is 5.57 Å². The summed E-state index contributed by atoms with van der Waals surface area (Å²) in [5.41, 5.74) is 2.60. The molecule has 2 rings (SSSR count). The van der Waals surface area contributed by atoms with Crippen LogP contribution < -0.4 is 0 Å². The van der Waals surface area contributed by atoms with E-state index in [1.807, 2.05) is 6.07 Å². The molecule has 0 saturated carbocycles. The minimum atomic E-state index is -0.351. The minimum absolute atomic E-state index is 0.0483. The summed E-state index contributed by atoms with van der Waals surface area (Å²) in [5.74, 6) is 0.684. The van der Waals surface area contributed by atoms with Crippen molar-refractivity contribution in [3.63, 3.8) is 0 Å². The average Bonchev–Trinajstić information content (AvgIpc) is 2.58. The first-order chi connectivity index (χ1) is 11.5. The fraction of sp³-hybridized carbons (Fsp3) is 0.550. The van der Waals surface area contributed by atoms with E-state index in [9.17, 15) is 4.79 Å². The van der Waals surface area contributed by atoms with Crippen molar-refractivity contribution in [3.05, 3.63) is 42.0 Å². The van der Waals surface area contributed by atoms with Gasteiger partial charge in [-0.2, -0.15) is 0 Å². The second-order valence-electron chi connectivity index (χ2n) is 7.05. The lowest BCUT2D eigenvalue weighted by Crippen LogP contribution is -2.49. The van der Waals surface area contributed by atoms with Crippen molar-refractivity contribution in [2.45, 2.75) is 26.4 Å². The van der Waals surface area contributed by atoms with Gasteiger partial charge < -0.3 is 9.64 Å². The summed E-state index contributed by atoms with van der Waals surface area (Å²) in [6, 6.07) is 10.5. The molecular weight excluding hydrogens is 300 g/mol. The van der Waals surface area contributed by atoms with Crippen LogP contribution in [0, 0.1) is 5.92 Å². The van der Waals surface area contributed by atoms with Crippen LogP contribution in [0.15, 0.2) is 36.4 Å². The van der Waals surface area contributed by atoms with Crippen LogP contribution in [0.3, 0.4) is 0 Å². The maximum Gasteiger partial charge on any atom is 0.252 e. The monoisotopic (exact) mass is 330 g/mol. The van der Waals surface area contributed by atoms with E-state index in [0.29, 0.717) is 19.1 Å². The first kappa shape index (κ1) is 18.7. The third kappa shape index (κ3) is 5.46. The number of hydrogen-bond acceptors (Lipinski definition) is 3. The molecule has 24 heavy (non-hydrogen) atoms. The standard InChI is InChI=1S/C20H30N2O2/c1-16(2)10-11-18(17-8-6-5-7-9-17)14-22-12-13-24-19(15-22)20(23)21(3)4/h5-9,11,16,19H,10,12-15H2,1-4H3/b18-11+/t19-/m1/s1. The molecule has 0 N–H and O–H groups in total. The number of likely N-dealkylation sites (N-methyl/N-ethyl adjacent to an activating group) is 1. The maximum atomic E-state index is 12.2. The molecule has 1 aromatic carbocycles. The zero-order chi connectivity index (χ0) is 17.5. The molecule has 1 saturated heterocycles. The number of amides is 1. The predicted molar refractivity (Wildman–Crippen MR) is 98.7 cm³/mol. The summed E-state index contributed by atoms with van der Waals surface area (Å²) in [7, 11) is 3.56. The Bertz CT molecular complexity index is 552. The normalized spacial score (nSPS) is 19.5. The molecule has 1 fully saturated rings. The van der Waals surface area contributed by atoms with Crippen LogP contribution in [0.4, 0.5) is 0 Å². The van der Waals surface area contributed by atoms with Crippen LogP contribution in [0.2, 0.25) is 0 Å². The third-order valence-corrected chi connectivity index (χ3v) is 4.24. The van der Waals surface area contributed by atoms with E-state index in [1.54, 1.807) is 19.0 Å². The molecular formula is C20H30N2O2. The Hall–Kier alpha value is -1.65. The second-order valence-corrected chi connectivity index (χ2v) is 7.05. The highest BCUT2D eigenvalue weighted by molar-refractivity contribution is 5.80. The van der Waals surface area contributed by atoms with Crippen LogP contribution in [-0.4, -0.2) is 62.1 Å². The maximum absolute atomic E-state index is 12.2. The Morgan fingerprint density at radius 3 is 2.67 bits per heavy atom. The number of carbonyl (C=O) groups is 1. The summed E-state index contributed by atoms with van der Waals surface area (Å²) in [5, 5.41) is 0. The lowest BCUT2D eigenvalue weighted by atomic mass is 10.0. The molecule has 1 amide bonds. The zero-order valence-electron chi connectivity index (χ0n) is 15.4. The summed E-state index contributed by atoms with van der Waals surface area (Å²) in [6.45, 7) is 7.46. The minimum Gasteiger partial charge on any atom is -0.366 e. The first-order valence-corrected chi connectivity index (χ1v) is 8.77. The van der Waals surface area contributed by atoms with Gasteiger partial charge in [-0.3, -0.25) is 9.69 Å². The van der Waals surface area contributed by atoms with Crippen molar-refractivity contribution in [2.75, 3.05) is 40.3 Å². The summed E-state index contributed by atoms with van der Waals surface area (Å²) in [4.78, 5) is 16.1. The highest BCUT2D eigenvalue weighted by Gasteiger charge is 2.28. The number of nitrogens with zero attached hydrogens (tertiary/aromatic N) is 2. The lowest BCUT2D eigenvalue weighted by Gasteiger charge is -2.34. The molecule has 0 aromatic heterocycles. The van der Waals surface area contributed by atoms with Crippen molar-refractivity contribution in [1.82, 2.24) is 9.80 Å². The molecule has 1 heterocycles. The molecule has 4 heteroatoms. The third-order valence-electron chi connectivity index (χ3n) is 4.24. The summed E-state index contributed by atoms with van der Waals surface area (Å²) < 4.78 is 5.66. The lowest BCUT2D eigenvalue weighted by molar-refractivity contribution is -0.146. The largest absolute Gasteiger partial charge is 0.366 e. The first-order valence-electron chi connectivity index (χ1n) is 8.77. The number of ether oxygens (including phenoxy) is 1. The van der Waals surface area contributed by atoms with Crippen LogP contribution in [0.5, 0.6) is 0 Å². The van der Waals surface area contributed by atoms with Gasteiger partial charge in [0, 0.05) is 33.7 Å². The van der Waals surface area contributed by atoms with Crippen molar-refractivity contribution in [1.29, 1.82) is 0 Å². The second kappa shape index (κ2) is 9.00. The Kier molecular flexibility index (Phi) is 7.00. The molecule has 0 aliphatic carbocycles. The van der Waals surface area contributed by atoms with Crippen LogP contribution >= 0.6 is 0 Å². The van der Waals surface area contributed by atoms with Gasteiger partial charge in [-0.15, -0.1) is 0 Å². The molecule has 1 aliphatic heterocycles. The zero-order valence-corrected chi connectivity index (χ0v) is 15.4. The number of carbonyl (C=O) groups excluding carboxylic acids is 1. The fourth-order valence-electron chi connectivity index (χ4n) is 2.83.